The summed E-state index contributed by atoms with van der Waals surface area (Å²) in [5, 5.41) is 0. The van der Waals surface area contributed by atoms with E-state index in [2.05, 4.69) is 98.1 Å². The van der Waals surface area contributed by atoms with E-state index in [4.69, 9.17) is 0 Å². The zero-order valence-electron chi connectivity index (χ0n) is 14.2. The minimum atomic E-state index is 0.0232. The van der Waals surface area contributed by atoms with Gasteiger partial charge in [-0.2, -0.15) is 4.57 Å². The molecule has 1 aromatic carbocycles. The molecule has 1 aliphatic rings. The Bertz CT molecular complexity index is 923. The summed E-state index contributed by atoms with van der Waals surface area (Å²) in [4.78, 5) is 0. The fraction of sp³-hybridized carbons (Fsp3) is 0.238. The number of aromatic nitrogens is 2. The van der Waals surface area contributed by atoms with Gasteiger partial charge >= 0.3 is 0 Å². The Balaban J connectivity index is 1.94. The molecule has 0 radical (unpaired) electrons. The summed E-state index contributed by atoms with van der Waals surface area (Å²) in [5.41, 5.74) is 8.07. The lowest BCUT2D eigenvalue weighted by Gasteiger charge is -2.18. The molecule has 1 aliphatic carbocycles. The number of hydrogen-bond donors (Lipinski definition) is 0. The number of rotatable bonds is 1. The van der Waals surface area contributed by atoms with Gasteiger partial charge in [-0.1, -0.05) is 32.0 Å². The predicted molar refractivity (Wildman–Crippen MR) is 91.5 cm³/mol. The quantitative estimate of drug-likeness (QED) is 0.609. The van der Waals surface area contributed by atoms with Gasteiger partial charge < -0.3 is 0 Å². The molecule has 0 unspecified atom stereocenters. The average Bonchev–Trinajstić information content (AvgIpc) is 2.75. The third-order valence-electron chi connectivity index (χ3n) is 5.09. The molecule has 0 saturated carbocycles. The molecule has 2 heterocycles. The number of aryl methyl sites for hydroxylation is 2. The molecule has 3 aromatic rings. The number of nitrogens with zero attached hydrogens (tertiary/aromatic N) is 2. The topological polar surface area (TPSA) is 7.76 Å². The summed E-state index contributed by atoms with van der Waals surface area (Å²) >= 11 is 0. The van der Waals surface area contributed by atoms with Gasteiger partial charge in [-0.05, 0) is 18.1 Å². The third-order valence-corrected chi connectivity index (χ3v) is 5.09. The molecule has 0 saturated heterocycles. The minimum absolute atomic E-state index is 0.0232. The Morgan fingerprint density at radius 2 is 1.48 bits per heavy atom. The van der Waals surface area contributed by atoms with Crippen molar-refractivity contribution in [2.75, 3.05) is 0 Å². The fourth-order valence-electron chi connectivity index (χ4n) is 3.71. The maximum Gasteiger partial charge on any atom is 0.213 e. The number of benzene rings is 1. The first-order chi connectivity index (χ1) is 11.0. The molecule has 2 nitrogen and oxygen atoms in total. The second-order valence-corrected chi connectivity index (χ2v) is 7.03. The maximum absolute atomic E-state index is 2.32. The van der Waals surface area contributed by atoms with Gasteiger partial charge in [-0.15, -0.1) is 0 Å². The van der Waals surface area contributed by atoms with Crippen molar-refractivity contribution >= 4 is 0 Å². The van der Waals surface area contributed by atoms with Gasteiger partial charge in [0, 0.05) is 40.3 Å². The number of pyridine rings is 2. The smallest absolute Gasteiger partial charge is 0.207 e. The van der Waals surface area contributed by atoms with Crippen molar-refractivity contribution in [3.8, 4) is 16.8 Å². The minimum Gasteiger partial charge on any atom is -0.207 e. The van der Waals surface area contributed by atoms with Crippen LogP contribution in [-0.4, -0.2) is 0 Å². The molecule has 4 rings (SSSR count). The van der Waals surface area contributed by atoms with E-state index in [0.717, 1.165) is 0 Å². The molecule has 114 valence electrons. The average molecular weight is 302 g/mol. The summed E-state index contributed by atoms with van der Waals surface area (Å²) in [6, 6.07) is 13.0. The molecular weight excluding hydrogens is 280 g/mol. The molecule has 0 atom stereocenters. The van der Waals surface area contributed by atoms with Crippen LogP contribution in [0.5, 0.6) is 0 Å². The van der Waals surface area contributed by atoms with Crippen molar-refractivity contribution in [1.29, 1.82) is 0 Å². The number of fused-ring (bicyclic) bond motifs is 3. The molecule has 2 heteroatoms. The normalized spacial score (nSPS) is 14.4. The first-order valence-corrected chi connectivity index (χ1v) is 8.10. The van der Waals surface area contributed by atoms with Crippen molar-refractivity contribution in [2.24, 2.45) is 7.05 Å². The molecule has 0 aliphatic heterocycles. The van der Waals surface area contributed by atoms with Crippen LogP contribution in [0.2, 0.25) is 0 Å². The highest BCUT2D eigenvalue weighted by Gasteiger charge is 2.39. The van der Waals surface area contributed by atoms with Crippen LogP contribution in [0.3, 0.4) is 0 Å². The molecule has 0 fully saturated rings. The van der Waals surface area contributed by atoms with Crippen molar-refractivity contribution in [3.63, 3.8) is 0 Å². The molecule has 0 N–H and O–H groups in total. The van der Waals surface area contributed by atoms with Gasteiger partial charge in [0.2, 0.25) is 5.69 Å². The number of para-hydroxylation sites is 1. The Morgan fingerprint density at radius 3 is 2.22 bits per heavy atom. The highest BCUT2D eigenvalue weighted by atomic mass is 14.9. The van der Waals surface area contributed by atoms with Crippen molar-refractivity contribution in [2.45, 2.75) is 26.2 Å². The van der Waals surface area contributed by atoms with E-state index in [1.807, 2.05) is 0 Å². The fourth-order valence-corrected chi connectivity index (χ4v) is 3.71. The summed E-state index contributed by atoms with van der Waals surface area (Å²) in [6.45, 7) is 6.80. The maximum atomic E-state index is 2.32. The monoisotopic (exact) mass is 302 g/mol. The van der Waals surface area contributed by atoms with Crippen LogP contribution < -0.4 is 9.13 Å². The Kier molecular flexibility index (Phi) is 2.92. The van der Waals surface area contributed by atoms with Crippen LogP contribution >= 0.6 is 0 Å². The van der Waals surface area contributed by atoms with E-state index in [9.17, 15) is 0 Å². The van der Waals surface area contributed by atoms with Crippen LogP contribution in [0, 0.1) is 6.92 Å². The van der Waals surface area contributed by atoms with E-state index in [1.54, 1.807) is 0 Å². The van der Waals surface area contributed by atoms with Crippen molar-refractivity contribution < 1.29 is 9.13 Å². The summed E-state index contributed by atoms with van der Waals surface area (Å²) in [6.07, 6.45) is 8.87. The van der Waals surface area contributed by atoms with E-state index in [1.165, 1.54) is 33.5 Å². The van der Waals surface area contributed by atoms with E-state index in [-0.39, 0.29) is 5.41 Å². The van der Waals surface area contributed by atoms with Crippen molar-refractivity contribution in [3.05, 3.63) is 77.9 Å². The van der Waals surface area contributed by atoms with Gasteiger partial charge in [0.1, 0.15) is 7.05 Å². The predicted octanol–water partition coefficient (Wildman–Crippen LogP) is 3.40. The standard InChI is InChI=1S/C21H22N2/c1-15-7-5-6-8-20(15)23-12-10-17-16-9-11-22(4)13-18(16)21(2,3)19(17)14-23/h5-14H,1-4H3/q+2. The van der Waals surface area contributed by atoms with Crippen LogP contribution in [0.4, 0.5) is 0 Å². The summed E-state index contributed by atoms with van der Waals surface area (Å²) < 4.78 is 4.39. The molecule has 2 aromatic heterocycles. The van der Waals surface area contributed by atoms with Crippen LogP contribution in [0.1, 0.15) is 30.5 Å². The molecule has 0 spiro atoms. The zero-order chi connectivity index (χ0) is 16.2. The Morgan fingerprint density at radius 1 is 0.826 bits per heavy atom. The Labute approximate surface area is 137 Å². The summed E-state index contributed by atoms with van der Waals surface area (Å²) in [7, 11) is 2.09. The Hall–Kier alpha value is -2.48. The van der Waals surface area contributed by atoms with E-state index < -0.39 is 0 Å². The third kappa shape index (κ3) is 2.02. The molecule has 0 amide bonds. The number of hydrogen-bond acceptors (Lipinski definition) is 0. The first kappa shape index (κ1) is 14.1. The van der Waals surface area contributed by atoms with Crippen LogP contribution in [0.25, 0.3) is 16.8 Å². The van der Waals surface area contributed by atoms with E-state index >= 15 is 0 Å². The SMILES string of the molecule is Cc1ccccc1-[n+]1ccc2c(c1)C(C)(C)c1c[n+](C)ccc1-2. The zero-order valence-corrected chi connectivity index (χ0v) is 14.2. The largest absolute Gasteiger partial charge is 0.213 e. The van der Waals surface area contributed by atoms with Gasteiger partial charge in [0.25, 0.3) is 0 Å². The molecule has 23 heavy (non-hydrogen) atoms. The second kappa shape index (κ2) is 4.76. The first-order valence-electron chi connectivity index (χ1n) is 8.10. The lowest BCUT2D eigenvalue weighted by Crippen LogP contribution is -2.33. The van der Waals surface area contributed by atoms with Gasteiger partial charge in [0.15, 0.2) is 24.8 Å². The summed E-state index contributed by atoms with van der Waals surface area (Å²) in [5.74, 6) is 0. The second-order valence-electron chi connectivity index (χ2n) is 7.03. The van der Waals surface area contributed by atoms with Gasteiger partial charge in [-0.25, -0.2) is 4.57 Å². The van der Waals surface area contributed by atoms with Gasteiger partial charge in [-0.3, -0.25) is 0 Å². The van der Waals surface area contributed by atoms with E-state index in [0.29, 0.717) is 0 Å². The lowest BCUT2D eigenvalue weighted by atomic mass is 9.84. The highest BCUT2D eigenvalue weighted by Crippen LogP contribution is 2.47. The highest BCUT2D eigenvalue weighted by molar-refractivity contribution is 5.78. The molecule has 0 bridgehead atoms. The van der Waals surface area contributed by atoms with Crippen molar-refractivity contribution in [1.82, 2.24) is 0 Å². The van der Waals surface area contributed by atoms with Crippen LogP contribution in [0.15, 0.2) is 61.2 Å². The molecular formula is C21H22N2+2. The van der Waals surface area contributed by atoms with Crippen LogP contribution in [-0.2, 0) is 12.5 Å². The van der Waals surface area contributed by atoms with Gasteiger partial charge in [0.05, 0.1) is 0 Å². The lowest BCUT2D eigenvalue weighted by molar-refractivity contribution is -0.671.